The molecule has 2 aliphatic heterocycles. The molecule has 2 aromatic rings. The summed E-state index contributed by atoms with van der Waals surface area (Å²) >= 11 is 2.00. The summed E-state index contributed by atoms with van der Waals surface area (Å²) in [6.45, 7) is 8.06. The maximum absolute atomic E-state index is 5.51. The van der Waals surface area contributed by atoms with E-state index in [2.05, 4.69) is 57.3 Å². The van der Waals surface area contributed by atoms with Crippen molar-refractivity contribution in [1.29, 1.82) is 0 Å². The minimum absolute atomic E-state index is 0.570. The smallest absolute Gasteiger partial charge is 0.178 e. The monoisotopic (exact) mass is 397 g/mol. The van der Waals surface area contributed by atoms with Gasteiger partial charge < -0.3 is 14.5 Å². The Balaban J connectivity index is 1.56. The molecule has 28 heavy (non-hydrogen) atoms. The maximum atomic E-state index is 5.51. The first kappa shape index (κ1) is 19.2. The van der Waals surface area contributed by atoms with Crippen LogP contribution in [0.1, 0.15) is 11.1 Å². The van der Waals surface area contributed by atoms with Gasteiger partial charge in [-0.1, -0.05) is 29.8 Å². The number of hydrogen-bond acceptors (Lipinski definition) is 7. The van der Waals surface area contributed by atoms with Gasteiger partial charge in [-0.15, -0.1) is 5.11 Å². The zero-order chi connectivity index (χ0) is 19.2. The van der Waals surface area contributed by atoms with Gasteiger partial charge in [0.05, 0.1) is 19.8 Å². The highest BCUT2D eigenvalue weighted by atomic mass is 32.2. The number of thioether (sulfide) groups is 1. The third-order valence-corrected chi connectivity index (χ3v) is 5.95. The van der Waals surface area contributed by atoms with Gasteiger partial charge >= 0.3 is 0 Å². The van der Waals surface area contributed by atoms with E-state index in [-0.39, 0.29) is 0 Å². The van der Waals surface area contributed by atoms with Crippen LogP contribution < -0.4 is 9.80 Å². The average Bonchev–Trinajstić information content (AvgIpc) is 2.75. The van der Waals surface area contributed by atoms with Gasteiger partial charge in [0, 0.05) is 55.5 Å². The second-order valence-electron chi connectivity index (χ2n) is 7.13. The molecule has 7 heteroatoms. The lowest BCUT2D eigenvalue weighted by Gasteiger charge is -2.31. The zero-order valence-electron chi connectivity index (χ0n) is 16.4. The quantitative estimate of drug-likeness (QED) is 0.712. The van der Waals surface area contributed by atoms with Crippen LogP contribution in [0.25, 0.3) is 0 Å². The normalized spacial score (nSPS) is 18.0. The molecule has 0 N–H and O–H groups in total. The van der Waals surface area contributed by atoms with Gasteiger partial charge in [0.2, 0.25) is 0 Å². The summed E-state index contributed by atoms with van der Waals surface area (Å²) in [6.07, 6.45) is 0. The highest BCUT2D eigenvalue weighted by Gasteiger charge is 2.18. The summed E-state index contributed by atoms with van der Waals surface area (Å²) in [5.74, 6) is 3.99. The molecular formula is C21H27N5OS. The van der Waals surface area contributed by atoms with Crippen molar-refractivity contribution in [2.45, 2.75) is 13.5 Å². The molecule has 2 fully saturated rings. The Kier molecular flexibility index (Phi) is 6.44. The van der Waals surface area contributed by atoms with E-state index in [1.807, 2.05) is 17.8 Å². The van der Waals surface area contributed by atoms with Crippen molar-refractivity contribution in [3.05, 3.63) is 47.5 Å². The molecule has 1 aromatic heterocycles. The van der Waals surface area contributed by atoms with E-state index in [4.69, 9.17) is 9.72 Å². The van der Waals surface area contributed by atoms with Crippen LogP contribution in [0.3, 0.4) is 0 Å². The minimum Gasteiger partial charge on any atom is -0.378 e. The Morgan fingerprint density at radius 1 is 1.04 bits per heavy atom. The van der Waals surface area contributed by atoms with E-state index in [1.165, 1.54) is 11.1 Å². The van der Waals surface area contributed by atoms with E-state index < -0.39 is 0 Å². The third kappa shape index (κ3) is 5.02. The Bertz CT molecular complexity index is 780. The largest absolute Gasteiger partial charge is 0.378 e. The second kappa shape index (κ2) is 9.39. The number of morpholine rings is 1. The Hall–Kier alpha value is -2.12. The summed E-state index contributed by atoms with van der Waals surface area (Å²) in [5, 5.41) is 8.89. The van der Waals surface area contributed by atoms with Crippen molar-refractivity contribution >= 4 is 29.1 Å². The molecule has 0 atom stereocenters. The van der Waals surface area contributed by atoms with E-state index >= 15 is 0 Å². The van der Waals surface area contributed by atoms with E-state index in [9.17, 15) is 0 Å². The predicted molar refractivity (Wildman–Crippen MR) is 116 cm³/mol. The number of ether oxygens (including phenoxy) is 1. The van der Waals surface area contributed by atoms with E-state index in [0.717, 1.165) is 62.4 Å². The highest BCUT2D eigenvalue weighted by Crippen LogP contribution is 2.28. The SMILES string of the molecule is Cc1cccc(CN=Nc2cc(N3CCOCC3)cc(N3CCSCC3)n2)c1. The van der Waals surface area contributed by atoms with Gasteiger partial charge in [0.1, 0.15) is 5.82 Å². The molecule has 0 saturated carbocycles. The van der Waals surface area contributed by atoms with Crippen molar-refractivity contribution in [2.75, 3.05) is 60.7 Å². The number of aryl methyl sites for hydroxylation is 1. The number of rotatable bonds is 5. The summed E-state index contributed by atoms with van der Waals surface area (Å²) < 4.78 is 5.51. The van der Waals surface area contributed by atoms with Crippen LogP contribution in [0.15, 0.2) is 46.6 Å². The fraction of sp³-hybridized carbons (Fsp3) is 0.476. The van der Waals surface area contributed by atoms with Crippen LogP contribution in [0.4, 0.5) is 17.3 Å². The number of benzene rings is 1. The molecule has 0 aliphatic carbocycles. The van der Waals surface area contributed by atoms with Crippen LogP contribution in [0.5, 0.6) is 0 Å². The van der Waals surface area contributed by atoms with Crippen LogP contribution in [-0.2, 0) is 11.3 Å². The van der Waals surface area contributed by atoms with Gasteiger partial charge in [0.15, 0.2) is 5.82 Å². The minimum atomic E-state index is 0.570. The van der Waals surface area contributed by atoms with E-state index in [1.54, 1.807) is 0 Å². The molecule has 148 valence electrons. The standard InChI is InChI=1S/C21H27N5OS/c1-17-3-2-4-18(13-17)16-22-24-20-14-19(25-5-9-27-10-6-25)15-21(23-20)26-7-11-28-12-8-26/h2-4,13-15H,5-12,16H2,1H3. The molecule has 0 amide bonds. The fourth-order valence-corrected chi connectivity index (χ4v) is 4.40. The van der Waals surface area contributed by atoms with Crippen molar-refractivity contribution in [2.24, 2.45) is 10.2 Å². The first-order valence-corrected chi connectivity index (χ1v) is 11.0. The number of aromatic nitrogens is 1. The zero-order valence-corrected chi connectivity index (χ0v) is 17.2. The van der Waals surface area contributed by atoms with Gasteiger partial charge in [-0.05, 0) is 12.5 Å². The number of anilines is 2. The van der Waals surface area contributed by atoms with Crippen molar-refractivity contribution in [3.63, 3.8) is 0 Å². The summed E-state index contributed by atoms with van der Waals surface area (Å²) in [6, 6.07) is 12.6. The molecule has 4 rings (SSSR count). The predicted octanol–water partition coefficient (Wildman–Crippen LogP) is 4.06. The molecule has 0 unspecified atom stereocenters. The van der Waals surface area contributed by atoms with Crippen LogP contribution >= 0.6 is 11.8 Å². The lowest BCUT2D eigenvalue weighted by molar-refractivity contribution is 0.122. The van der Waals surface area contributed by atoms with Crippen LogP contribution in [0, 0.1) is 6.92 Å². The fourth-order valence-electron chi connectivity index (χ4n) is 3.50. The number of nitrogens with zero attached hydrogens (tertiary/aromatic N) is 5. The highest BCUT2D eigenvalue weighted by molar-refractivity contribution is 7.99. The number of hydrogen-bond donors (Lipinski definition) is 0. The second-order valence-corrected chi connectivity index (χ2v) is 8.35. The third-order valence-electron chi connectivity index (χ3n) is 5.00. The van der Waals surface area contributed by atoms with Crippen molar-refractivity contribution in [1.82, 2.24) is 4.98 Å². The van der Waals surface area contributed by atoms with Crippen LogP contribution in [0.2, 0.25) is 0 Å². The van der Waals surface area contributed by atoms with E-state index in [0.29, 0.717) is 12.4 Å². The summed E-state index contributed by atoms with van der Waals surface area (Å²) in [4.78, 5) is 9.51. The Labute approximate surface area is 171 Å². The number of pyridine rings is 1. The molecule has 3 heterocycles. The summed E-state index contributed by atoms with van der Waals surface area (Å²) in [5.41, 5.74) is 3.57. The molecule has 2 saturated heterocycles. The molecule has 0 bridgehead atoms. The molecule has 2 aliphatic rings. The van der Waals surface area contributed by atoms with Gasteiger partial charge in [-0.2, -0.15) is 16.9 Å². The van der Waals surface area contributed by atoms with Gasteiger partial charge in [-0.3, -0.25) is 0 Å². The lowest BCUT2D eigenvalue weighted by Crippen LogP contribution is -2.37. The first-order valence-electron chi connectivity index (χ1n) is 9.88. The maximum Gasteiger partial charge on any atom is 0.178 e. The van der Waals surface area contributed by atoms with Crippen LogP contribution in [-0.4, -0.2) is 55.9 Å². The van der Waals surface area contributed by atoms with Gasteiger partial charge in [-0.25, -0.2) is 4.98 Å². The Morgan fingerprint density at radius 3 is 2.64 bits per heavy atom. The topological polar surface area (TPSA) is 53.3 Å². The Morgan fingerprint density at radius 2 is 1.86 bits per heavy atom. The number of azo groups is 1. The average molecular weight is 398 g/mol. The molecular weight excluding hydrogens is 370 g/mol. The van der Waals surface area contributed by atoms with Crippen molar-refractivity contribution in [3.8, 4) is 0 Å². The van der Waals surface area contributed by atoms with Gasteiger partial charge in [0.25, 0.3) is 0 Å². The lowest BCUT2D eigenvalue weighted by atomic mass is 10.1. The molecule has 6 nitrogen and oxygen atoms in total. The molecule has 0 radical (unpaired) electrons. The molecule has 0 spiro atoms. The first-order chi connectivity index (χ1) is 13.8. The summed E-state index contributed by atoms with van der Waals surface area (Å²) in [7, 11) is 0. The van der Waals surface area contributed by atoms with Crippen molar-refractivity contribution < 1.29 is 4.74 Å². The molecule has 1 aromatic carbocycles.